The second-order valence-electron chi connectivity index (χ2n) is 6.38. The van der Waals surface area contributed by atoms with Crippen LogP contribution < -0.4 is 4.74 Å². The highest BCUT2D eigenvalue weighted by Gasteiger charge is 2.42. The third kappa shape index (κ3) is 3.24. The molecule has 1 aromatic rings. The van der Waals surface area contributed by atoms with Gasteiger partial charge in [0.2, 0.25) is 0 Å². The van der Waals surface area contributed by atoms with E-state index in [1.807, 2.05) is 32.0 Å². The average molecular weight is 305 g/mol. The first-order valence-corrected chi connectivity index (χ1v) is 7.52. The van der Waals surface area contributed by atoms with Gasteiger partial charge >= 0.3 is 5.97 Å². The number of nitrogens with zero attached hydrogens (tertiary/aromatic N) is 1. The molecule has 0 aliphatic carbocycles. The highest BCUT2D eigenvalue weighted by atomic mass is 16.5. The summed E-state index contributed by atoms with van der Waals surface area (Å²) in [5.74, 6) is -0.573. The van der Waals surface area contributed by atoms with Crippen molar-refractivity contribution in [2.24, 2.45) is 0 Å². The summed E-state index contributed by atoms with van der Waals surface area (Å²) in [7, 11) is 0. The van der Waals surface area contributed by atoms with Gasteiger partial charge in [-0.25, -0.2) is 4.79 Å². The zero-order valence-corrected chi connectivity index (χ0v) is 13.5. The lowest BCUT2D eigenvalue weighted by Gasteiger charge is -2.32. The second kappa shape index (κ2) is 5.99. The first-order valence-electron chi connectivity index (χ1n) is 7.52. The first-order chi connectivity index (χ1) is 10.2. The Morgan fingerprint density at radius 3 is 2.64 bits per heavy atom. The molecule has 2 rings (SSSR count). The number of amides is 1. The highest BCUT2D eigenvalue weighted by Crippen LogP contribution is 2.28. The van der Waals surface area contributed by atoms with E-state index in [2.05, 4.69) is 0 Å². The number of rotatable bonds is 4. The van der Waals surface area contributed by atoms with E-state index < -0.39 is 17.6 Å². The predicted octanol–water partition coefficient (Wildman–Crippen LogP) is 2.54. The van der Waals surface area contributed by atoms with E-state index in [4.69, 9.17) is 4.74 Å². The Kier molecular flexibility index (Phi) is 4.44. The number of carboxylic acids is 1. The molecule has 120 valence electrons. The van der Waals surface area contributed by atoms with Crippen LogP contribution in [0, 0.1) is 13.8 Å². The summed E-state index contributed by atoms with van der Waals surface area (Å²) in [6.07, 6.45) is 1.21. The lowest BCUT2D eigenvalue weighted by atomic mass is 10.1. The number of carbonyl (C=O) groups is 2. The number of aliphatic carboxylic acids is 1. The molecule has 0 spiro atoms. The van der Waals surface area contributed by atoms with Crippen molar-refractivity contribution in [3.8, 4) is 5.75 Å². The Morgan fingerprint density at radius 1 is 1.32 bits per heavy atom. The monoisotopic (exact) mass is 305 g/mol. The van der Waals surface area contributed by atoms with Crippen molar-refractivity contribution < 1.29 is 19.4 Å². The van der Waals surface area contributed by atoms with Crippen molar-refractivity contribution in [1.82, 2.24) is 4.90 Å². The predicted molar refractivity (Wildman–Crippen MR) is 83.0 cm³/mol. The van der Waals surface area contributed by atoms with Crippen LogP contribution in [0.4, 0.5) is 0 Å². The second-order valence-corrected chi connectivity index (χ2v) is 6.38. The van der Waals surface area contributed by atoms with Crippen LogP contribution >= 0.6 is 0 Å². The van der Waals surface area contributed by atoms with Gasteiger partial charge in [0.05, 0.1) is 0 Å². The summed E-state index contributed by atoms with van der Waals surface area (Å²) >= 11 is 0. The molecule has 1 fully saturated rings. The van der Waals surface area contributed by atoms with Crippen LogP contribution in [0.3, 0.4) is 0 Å². The number of benzene rings is 1. The van der Waals surface area contributed by atoms with Crippen molar-refractivity contribution in [3.63, 3.8) is 0 Å². The van der Waals surface area contributed by atoms with Crippen LogP contribution in [0.1, 0.15) is 37.8 Å². The minimum Gasteiger partial charge on any atom is -0.480 e. The molecule has 1 aromatic carbocycles. The average Bonchev–Trinajstić information content (AvgIpc) is 2.91. The molecule has 0 bridgehead atoms. The number of hydrogen-bond acceptors (Lipinski definition) is 3. The maximum absolute atomic E-state index is 12.7. The highest BCUT2D eigenvalue weighted by molar-refractivity contribution is 5.89. The minimum absolute atomic E-state index is 0.279. The molecule has 1 aliphatic heterocycles. The topological polar surface area (TPSA) is 66.8 Å². The van der Waals surface area contributed by atoms with E-state index in [-0.39, 0.29) is 5.91 Å². The molecular weight excluding hydrogens is 282 g/mol. The standard InChI is InChI=1S/C17H23NO4/c1-11-7-8-12(2)14(10-11)22-17(3,4)16(21)18-9-5-6-13(18)15(19)20/h7-8,10,13H,5-6,9H2,1-4H3,(H,19,20). The van der Waals surface area contributed by atoms with Crippen molar-refractivity contribution >= 4 is 11.9 Å². The Labute approximate surface area is 130 Å². The van der Waals surface area contributed by atoms with E-state index in [0.29, 0.717) is 25.1 Å². The molecule has 5 heteroatoms. The Hall–Kier alpha value is -2.04. The van der Waals surface area contributed by atoms with E-state index in [1.54, 1.807) is 13.8 Å². The lowest BCUT2D eigenvalue weighted by molar-refractivity contribution is -0.155. The number of hydrogen-bond donors (Lipinski definition) is 1. The van der Waals surface area contributed by atoms with Crippen molar-refractivity contribution in [2.75, 3.05) is 6.54 Å². The summed E-state index contributed by atoms with van der Waals surface area (Å²) in [6, 6.07) is 5.08. The molecule has 0 saturated carbocycles. The molecular formula is C17H23NO4. The largest absolute Gasteiger partial charge is 0.480 e. The van der Waals surface area contributed by atoms with Gasteiger partial charge in [0.15, 0.2) is 5.60 Å². The van der Waals surface area contributed by atoms with Crippen LogP contribution in [-0.2, 0) is 9.59 Å². The fraction of sp³-hybridized carbons (Fsp3) is 0.529. The number of aryl methyl sites for hydroxylation is 2. The summed E-state index contributed by atoms with van der Waals surface area (Å²) in [4.78, 5) is 25.4. The van der Waals surface area contributed by atoms with Crippen molar-refractivity contribution in [1.29, 1.82) is 0 Å². The van der Waals surface area contributed by atoms with E-state index in [9.17, 15) is 14.7 Å². The normalized spacial score (nSPS) is 18.4. The van der Waals surface area contributed by atoms with Gasteiger partial charge in [-0.3, -0.25) is 4.79 Å². The van der Waals surface area contributed by atoms with Crippen LogP contribution in [0.2, 0.25) is 0 Å². The molecule has 1 aliphatic rings. The first kappa shape index (κ1) is 16.3. The smallest absolute Gasteiger partial charge is 0.326 e. The van der Waals surface area contributed by atoms with Crippen LogP contribution in [0.5, 0.6) is 5.75 Å². The molecule has 1 N–H and O–H groups in total. The Morgan fingerprint density at radius 2 is 2.00 bits per heavy atom. The SMILES string of the molecule is Cc1ccc(C)c(OC(C)(C)C(=O)N2CCCC2C(=O)O)c1. The molecule has 0 radical (unpaired) electrons. The zero-order valence-electron chi connectivity index (χ0n) is 13.5. The molecule has 1 unspecified atom stereocenters. The van der Waals surface area contributed by atoms with Gasteiger partial charge in [-0.2, -0.15) is 0 Å². The van der Waals surface area contributed by atoms with Gasteiger partial charge in [-0.1, -0.05) is 12.1 Å². The quantitative estimate of drug-likeness (QED) is 0.928. The molecule has 1 amide bonds. The third-order valence-electron chi connectivity index (χ3n) is 4.02. The number of likely N-dealkylation sites (tertiary alicyclic amines) is 1. The molecule has 0 aromatic heterocycles. The molecule has 1 saturated heterocycles. The maximum atomic E-state index is 12.7. The fourth-order valence-electron chi connectivity index (χ4n) is 2.75. The fourth-order valence-corrected chi connectivity index (χ4v) is 2.75. The van der Waals surface area contributed by atoms with Gasteiger partial charge in [-0.15, -0.1) is 0 Å². The number of ether oxygens (including phenoxy) is 1. The van der Waals surface area contributed by atoms with Crippen LogP contribution in [0.25, 0.3) is 0 Å². The third-order valence-corrected chi connectivity index (χ3v) is 4.02. The molecule has 1 atom stereocenters. The van der Waals surface area contributed by atoms with E-state index >= 15 is 0 Å². The Bertz CT molecular complexity index is 594. The minimum atomic E-state index is -1.10. The van der Waals surface area contributed by atoms with Crippen LogP contribution in [-0.4, -0.2) is 40.1 Å². The number of carboxylic acid groups (broad SMARTS) is 1. The lowest BCUT2D eigenvalue weighted by Crippen LogP contribution is -2.52. The molecule has 1 heterocycles. The number of carbonyl (C=O) groups excluding carboxylic acids is 1. The summed E-state index contributed by atoms with van der Waals surface area (Å²) in [5.41, 5.74) is 0.896. The summed E-state index contributed by atoms with van der Waals surface area (Å²) < 4.78 is 5.93. The maximum Gasteiger partial charge on any atom is 0.326 e. The molecule has 5 nitrogen and oxygen atoms in total. The van der Waals surface area contributed by atoms with Crippen LogP contribution in [0.15, 0.2) is 18.2 Å². The van der Waals surface area contributed by atoms with Crippen molar-refractivity contribution in [2.45, 2.75) is 52.2 Å². The zero-order chi connectivity index (χ0) is 16.5. The van der Waals surface area contributed by atoms with Crippen molar-refractivity contribution in [3.05, 3.63) is 29.3 Å². The van der Waals surface area contributed by atoms with Gasteiger partial charge < -0.3 is 14.7 Å². The Balaban J connectivity index is 2.20. The summed E-state index contributed by atoms with van der Waals surface area (Å²) in [5, 5.41) is 9.23. The van der Waals surface area contributed by atoms with E-state index in [1.165, 1.54) is 4.90 Å². The van der Waals surface area contributed by atoms with Gasteiger partial charge in [0, 0.05) is 6.54 Å². The van der Waals surface area contributed by atoms with Gasteiger partial charge in [0.1, 0.15) is 11.8 Å². The molecule has 22 heavy (non-hydrogen) atoms. The summed E-state index contributed by atoms with van der Waals surface area (Å²) in [6.45, 7) is 7.73. The van der Waals surface area contributed by atoms with Gasteiger partial charge in [-0.05, 0) is 57.7 Å². The van der Waals surface area contributed by atoms with Gasteiger partial charge in [0.25, 0.3) is 5.91 Å². The van der Waals surface area contributed by atoms with E-state index in [0.717, 1.165) is 11.1 Å².